The smallest absolute Gasteiger partial charge is 0.0815 e. The summed E-state index contributed by atoms with van der Waals surface area (Å²) < 4.78 is 0. The lowest BCUT2D eigenvalue weighted by Gasteiger charge is -2.18. The van der Waals surface area contributed by atoms with Crippen molar-refractivity contribution in [2.75, 3.05) is 12.7 Å². The lowest BCUT2D eigenvalue weighted by Crippen LogP contribution is -2.14. The average Bonchev–Trinajstić information content (AvgIpc) is 2.83. The zero-order valence-corrected chi connectivity index (χ0v) is 17.8. The lowest BCUT2D eigenvalue weighted by atomic mass is 10.1. The van der Waals surface area contributed by atoms with Crippen LogP contribution in [0.2, 0.25) is 0 Å². The van der Waals surface area contributed by atoms with Gasteiger partial charge >= 0.3 is 0 Å². The summed E-state index contributed by atoms with van der Waals surface area (Å²) in [5.74, 6) is 0. The Morgan fingerprint density at radius 1 is 0.667 bits per heavy atom. The Labute approximate surface area is 180 Å². The van der Waals surface area contributed by atoms with Crippen molar-refractivity contribution in [3.05, 3.63) is 115 Å². The topological polar surface area (TPSA) is 25.2 Å². The molecule has 0 unspecified atom stereocenters. The number of pyridine rings is 1. The number of aromatic nitrogens is 1. The highest BCUT2D eigenvalue weighted by Gasteiger charge is 2.12. The van der Waals surface area contributed by atoms with Crippen LogP contribution in [0, 0.1) is 0 Å². The van der Waals surface area contributed by atoms with E-state index >= 15 is 0 Å². The Morgan fingerprint density at radius 3 is 1.90 bits per heavy atom. The van der Waals surface area contributed by atoms with Gasteiger partial charge in [0.15, 0.2) is 0 Å². The molecule has 0 aliphatic carbocycles. The minimum atomic E-state index is -0.347. The van der Waals surface area contributed by atoms with Gasteiger partial charge in [0.25, 0.3) is 0 Å². The van der Waals surface area contributed by atoms with E-state index in [-0.39, 0.29) is 7.92 Å². The van der Waals surface area contributed by atoms with Crippen LogP contribution in [-0.2, 0) is 0 Å². The van der Waals surface area contributed by atoms with Crippen LogP contribution in [-0.4, -0.2) is 23.9 Å². The van der Waals surface area contributed by atoms with Crippen molar-refractivity contribution >= 4 is 24.7 Å². The van der Waals surface area contributed by atoms with Crippen molar-refractivity contribution in [2.45, 2.75) is 6.42 Å². The molecule has 0 saturated heterocycles. The summed E-state index contributed by atoms with van der Waals surface area (Å²) in [7, 11) is -0.347. The summed E-state index contributed by atoms with van der Waals surface area (Å²) in [5.41, 5.74) is 3.02. The molecule has 0 spiro atoms. The SMILES string of the molecule is C(=N\CCCP(c1ccccc1)c1ccccc1)/c1cccc(-c2ccccc2)n1. The lowest BCUT2D eigenvalue weighted by molar-refractivity contribution is 0.944. The van der Waals surface area contributed by atoms with Crippen LogP contribution in [0.1, 0.15) is 12.1 Å². The molecular weight excluding hydrogens is 383 g/mol. The second kappa shape index (κ2) is 10.6. The fraction of sp³-hybridized carbons (Fsp3) is 0.111. The van der Waals surface area contributed by atoms with Crippen LogP contribution in [0.15, 0.2) is 114 Å². The second-order valence-corrected chi connectivity index (χ2v) is 9.36. The molecule has 0 amide bonds. The normalized spacial score (nSPS) is 11.2. The van der Waals surface area contributed by atoms with Gasteiger partial charge in [-0.05, 0) is 43.2 Å². The van der Waals surface area contributed by atoms with Crippen molar-refractivity contribution in [3.63, 3.8) is 0 Å². The molecule has 0 radical (unpaired) electrons. The fourth-order valence-electron chi connectivity index (χ4n) is 3.39. The molecule has 30 heavy (non-hydrogen) atoms. The predicted octanol–water partition coefficient (Wildman–Crippen LogP) is 5.69. The number of nitrogens with zero attached hydrogens (tertiary/aromatic N) is 2. The standard InChI is InChI=1S/C27H25N2P/c1-4-12-23(13-5-1)27-19-10-14-24(29-27)22-28-20-11-21-30(25-15-6-2-7-16-25)26-17-8-3-9-18-26/h1-10,12-19,22H,11,20-21H2/b28-22+. The highest BCUT2D eigenvalue weighted by molar-refractivity contribution is 7.73. The minimum absolute atomic E-state index is 0.347. The summed E-state index contributed by atoms with van der Waals surface area (Å²) >= 11 is 0. The zero-order valence-electron chi connectivity index (χ0n) is 16.9. The number of benzene rings is 3. The van der Waals surface area contributed by atoms with E-state index in [4.69, 9.17) is 4.98 Å². The van der Waals surface area contributed by atoms with Crippen molar-refractivity contribution in [2.24, 2.45) is 4.99 Å². The van der Waals surface area contributed by atoms with Crippen LogP contribution in [0.3, 0.4) is 0 Å². The molecule has 4 aromatic rings. The van der Waals surface area contributed by atoms with Gasteiger partial charge in [-0.15, -0.1) is 0 Å². The molecule has 0 saturated carbocycles. The Balaban J connectivity index is 1.38. The van der Waals surface area contributed by atoms with Crippen molar-refractivity contribution in [1.29, 1.82) is 0 Å². The first-order chi connectivity index (χ1) is 14.9. The van der Waals surface area contributed by atoms with Crippen LogP contribution >= 0.6 is 7.92 Å². The van der Waals surface area contributed by atoms with E-state index in [2.05, 4.69) is 77.8 Å². The van der Waals surface area contributed by atoms with Crippen LogP contribution in [0.25, 0.3) is 11.3 Å². The van der Waals surface area contributed by atoms with E-state index < -0.39 is 0 Å². The molecule has 148 valence electrons. The first-order valence-corrected chi connectivity index (χ1v) is 11.8. The summed E-state index contributed by atoms with van der Waals surface area (Å²) in [5, 5.41) is 2.86. The molecule has 0 bridgehead atoms. The Morgan fingerprint density at radius 2 is 1.27 bits per heavy atom. The molecule has 3 heteroatoms. The molecule has 0 aliphatic heterocycles. The van der Waals surface area contributed by atoms with E-state index in [9.17, 15) is 0 Å². The first-order valence-electron chi connectivity index (χ1n) is 10.3. The molecular formula is C27H25N2P. The third kappa shape index (κ3) is 5.49. The zero-order chi connectivity index (χ0) is 20.4. The van der Waals surface area contributed by atoms with Gasteiger partial charge in [0.05, 0.1) is 11.4 Å². The molecule has 0 aliphatic rings. The van der Waals surface area contributed by atoms with E-state index in [0.717, 1.165) is 36.1 Å². The van der Waals surface area contributed by atoms with Gasteiger partial charge in [-0.1, -0.05) is 97.1 Å². The van der Waals surface area contributed by atoms with Crippen LogP contribution in [0.5, 0.6) is 0 Å². The van der Waals surface area contributed by atoms with Crippen molar-refractivity contribution in [3.8, 4) is 11.3 Å². The monoisotopic (exact) mass is 408 g/mol. The largest absolute Gasteiger partial charge is 0.291 e. The highest BCUT2D eigenvalue weighted by atomic mass is 31.1. The average molecular weight is 408 g/mol. The Hall–Kier alpha value is -3.09. The second-order valence-electron chi connectivity index (χ2n) is 7.03. The van der Waals surface area contributed by atoms with Gasteiger partial charge in [-0.25, -0.2) is 4.98 Å². The van der Waals surface area contributed by atoms with Crippen molar-refractivity contribution in [1.82, 2.24) is 4.98 Å². The van der Waals surface area contributed by atoms with E-state index in [0.29, 0.717) is 0 Å². The fourth-order valence-corrected chi connectivity index (χ4v) is 5.73. The van der Waals surface area contributed by atoms with Crippen LogP contribution in [0.4, 0.5) is 0 Å². The summed E-state index contributed by atoms with van der Waals surface area (Å²) in [6, 6.07) is 38.1. The van der Waals surface area contributed by atoms with Gasteiger partial charge < -0.3 is 0 Å². The molecule has 4 rings (SSSR count). The quantitative estimate of drug-likeness (QED) is 0.209. The molecule has 1 heterocycles. The molecule has 0 fully saturated rings. The molecule has 0 atom stereocenters. The number of rotatable bonds is 8. The van der Waals surface area contributed by atoms with E-state index in [1.54, 1.807) is 0 Å². The van der Waals surface area contributed by atoms with Crippen molar-refractivity contribution < 1.29 is 0 Å². The van der Waals surface area contributed by atoms with Gasteiger partial charge in [-0.2, -0.15) is 0 Å². The van der Waals surface area contributed by atoms with Gasteiger partial charge in [0.1, 0.15) is 0 Å². The Bertz CT molecular complexity index is 1020. The predicted molar refractivity (Wildman–Crippen MR) is 131 cm³/mol. The van der Waals surface area contributed by atoms with Crippen LogP contribution < -0.4 is 10.6 Å². The maximum Gasteiger partial charge on any atom is 0.0815 e. The summed E-state index contributed by atoms with van der Waals surface area (Å²) in [6.07, 6.45) is 4.10. The third-order valence-corrected chi connectivity index (χ3v) is 7.47. The van der Waals surface area contributed by atoms with E-state index in [1.807, 2.05) is 42.6 Å². The van der Waals surface area contributed by atoms with Gasteiger partial charge in [-0.3, -0.25) is 4.99 Å². The number of hydrogen-bond donors (Lipinski definition) is 0. The maximum absolute atomic E-state index is 4.73. The van der Waals surface area contributed by atoms with Gasteiger partial charge in [0.2, 0.25) is 0 Å². The van der Waals surface area contributed by atoms with Gasteiger partial charge in [0, 0.05) is 18.3 Å². The maximum atomic E-state index is 4.73. The molecule has 0 N–H and O–H groups in total. The van der Waals surface area contributed by atoms with E-state index in [1.165, 1.54) is 10.6 Å². The summed E-state index contributed by atoms with van der Waals surface area (Å²) in [4.78, 5) is 9.38. The third-order valence-electron chi connectivity index (χ3n) is 4.87. The molecule has 3 aromatic carbocycles. The number of aliphatic imine (C=N–C) groups is 1. The number of hydrogen-bond acceptors (Lipinski definition) is 2. The molecule has 2 nitrogen and oxygen atoms in total. The Kier molecular flexibility index (Phi) is 7.15. The highest BCUT2D eigenvalue weighted by Crippen LogP contribution is 2.34. The first kappa shape index (κ1) is 20.2. The summed E-state index contributed by atoms with van der Waals surface area (Å²) in [6.45, 7) is 0.815. The molecule has 1 aromatic heterocycles. The minimum Gasteiger partial charge on any atom is -0.291 e.